The van der Waals surface area contributed by atoms with E-state index in [4.69, 9.17) is 0 Å². The molecule has 0 bridgehead atoms. The standard InChI is InChI=1S/C15H14BrN3O3S/c16-12-4-6-13(7-5-12)23(21,22)18-9-10-19(15(20)11-18)14-3-1-2-8-17-14/h1-8H,9-11H2. The first-order chi connectivity index (χ1) is 11.0. The molecule has 0 unspecified atom stereocenters. The fraction of sp³-hybridized carbons (Fsp3) is 0.200. The van der Waals surface area contributed by atoms with Gasteiger partial charge in [-0.3, -0.25) is 9.69 Å². The molecule has 1 amide bonds. The van der Waals surface area contributed by atoms with Crippen molar-refractivity contribution in [3.63, 3.8) is 0 Å². The molecule has 0 saturated carbocycles. The van der Waals surface area contributed by atoms with Crippen molar-refractivity contribution in [2.75, 3.05) is 24.5 Å². The minimum absolute atomic E-state index is 0.180. The maximum absolute atomic E-state index is 12.6. The zero-order chi connectivity index (χ0) is 16.4. The SMILES string of the molecule is O=C1CN(S(=O)(=O)c2ccc(Br)cc2)CCN1c1ccccn1. The van der Waals surface area contributed by atoms with E-state index in [1.54, 1.807) is 36.5 Å². The molecule has 1 aliphatic heterocycles. The Bertz CT molecular complexity index is 810. The average molecular weight is 396 g/mol. The molecule has 6 nitrogen and oxygen atoms in total. The van der Waals surface area contributed by atoms with Gasteiger partial charge in [0.2, 0.25) is 15.9 Å². The van der Waals surface area contributed by atoms with Crippen molar-refractivity contribution in [3.05, 3.63) is 53.1 Å². The minimum atomic E-state index is -3.67. The monoisotopic (exact) mass is 395 g/mol. The van der Waals surface area contributed by atoms with E-state index in [2.05, 4.69) is 20.9 Å². The van der Waals surface area contributed by atoms with E-state index in [1.807, 2.05) is 0 Å². The van der Waals surface area contributed by atoms with Crippen LogP contribution in [0.2, 0.25) is 0 Å². The smallest absolute Gasteiger partial charge is 0.243 e. The molecule has 0 atom stereocenters. The van der Waals surface area contributed by atoms with E-state index in [1.165, 1.54) is 21.3 Å². The number of carbonyl (C=O) groups excluding carboxylic acids is 1. The Balaban J connectivity index is 1.79. The lowest BCUT2D eigenvalue weighted by Gasteiger charge is -2.32. The van der Waals surface area contributed by atoms with Gasteiger partial charge in [0.1, 0.15) is 5.82 Å². The fourth-order valence-electron chi connectivity index (χ4n) is 2.37. The van der Waals surface area contributed by atoms with Crippen LogP contribution in [0.4, 0.5) is 5.82 Å². The lowest BCUT2D eigenvalue weighted by molar-refractivity contribution is -0.120. The summed E-state index contributed by atoms with van der Waals surface area (Å²) in [4.78, 5) is 18.1. The highest BCUT2D eigenvalue weighted by atomic mass is 79.9. The largest absolute Gasteiger partial charge is 0.294 e. The first-order valence-electron chi connectivity index (χ1n) is 6.95. The number of rotatable bonds is 3. The van der Waals surface area contributed by atoms with E-state index in [0.29, 0.717) is 5.82 Å². The summed E-state index contributed by atoms with van der Waals surface area (Å²) in [5, 5.41) is 0. The summed E-state index contributed by atoms with van der Waals surface area (Å²) < 4.78 is 27.2. The first-order valence-corrected chi connectivity index (χ1v) is 9.19. The second kappa shape index (κ2) is 6.38. The van der Waals surface area contributed by atoms with Gasteiger partial charge in [-0.2, -0.15) is 4.31 Å². The summed E-state index contributed by atoms with van der Waals surface area (Å²) >= 11 is 3.28. The van der Waals surface area contributed by atoms with Gasteiger partial charge in [0.05, 0.1) is 11.4 Å². The van der Waals surface area contributed by atoms with Crippen LogP contribution in [0.1, 0.15) is 0 Å². The number of hydrogen-bond acceptors (Lipinski definition) is 4. The summed E-state index contributed by atoms with van der Waals surface area (Å²) in [6.45, 7) is 0.335. The quantitative estimate of drug-likeness (QED) is 0.795. The number of carbonyl (C=O) groups is 1. The van der Waals surface area contributed by atoms with Crippen molar-refractivity contribution in [3.8, 4) is 0 Å². The van der Waals surface area contributed by atoms with Gasteiger partial charge in [0.25, 0.3) is 0 Å². The molecule has 1 aliphatic rings. The molecule has 1 saturated heterocycles. The molecule has 0 N–H and O–H groups in total. The lowest BCUT2D eigenvalue weighted by atomic mass is 10.3. The average Bonchev–Trinajstić information content (AvgIpc) is 2.56. The molecule has 0 spiro atoms. The van der Waals surface area contributed by atoms with Gasteiger partial charge < -0.3 is 0 Å². The third-order valence-electron chi connectivity index (χ3n) is 3.56. The highest BCUT2D eigenvalue weighted by Crippen LogP contribution is 2.22. The van der Waals surface area contributed by atoms with E-state index >= 15 is 0 Å². The number of aromatic nitrogens is 1. The predicted molar refractivity (Wildman–Crippen MR) is 89.5 cm³/mol. The maximum Gasteiger partial charge on any atom is 0.243 e. The van der Waals surface area contributed by atoms with Gasteiger partial charge in [0.15, 0.2) is 0 Å². The second-order valence-electron chi connectivity index (χ2n) is 5.03. The predicted octanol–water partition coefficient (Wildman–Crippen LogP) is 1.88. The van der Waals surface area contributed by atoms with Crippen LogP contribution in [0.15, 0.2) is 58.0 Å². The Kier molecular flexibility index (Phi) is 4.47. The molecular weight excluding hydrogens is 382 g/mol. The molecule has 1 aromatic heterocycles. The molecular formula is C15H14BrN3O3S. The van der Waals surface area contributed by atoms with Gasteiger partial charge in [0, 0.05) is 23.8 Å². The topological polar surface area (TPSA) is 70.6 Å². The molecule has 0 aliphatic carbocycles. The van der Waals surface area contributed by atoms with Gasteiger partial charge in [-0.25, -0.2) is 13.4 Å². The Labute approximate surface area is 142 Å². The van der Waals surface area contributed by atoms with E-state index in [0.717, 1.165) is 4.47 Å². The van der Waals surface area contributed by atoms with Crippen molar-refractivity contribution in [1.82, 2.24) is 9.29 Å². The van der Waals surface area contributed by atoms with Crippen LogP contribution >= 0.6 is 15.9 Å². The summed E-state index contributed by atoms with van der Waals surface area (Å²) in [7, 11) is -3.67. The second-order valence-corrected chi connectivity index (χ2v) is 7.88. The molecule has 120 valence electrons. The highest BCUT2D eigenvalue weighted by Gasteiger charge is 2.33. The summed E-state index contributed by atoms with van der Waals surface area (Å²) in [6.07, 6.45) is 1.60. The number of hydrogen-bond donors (Lipinski definition) is 0. The Morgan fingerprint density at radius 1 is 1.04 bits per heavy atom. The van der Waals surface area contributed by atoms with Crippen LogP contribution in [-0.4, -0.2) is 43.2 Å². The number of piperazine rings is 1. The molecule has 0 radical (unpaired) electrons. The van der Waals surface area contributed by atoms with E-state index in [9.17, 15) is 13.2 Å². The lowest BCUT2D eigenvalue weighted by Crippen LogP contribution is -2.52. The molecule has 2 aromatic rings. The van der Waals surface area contributed by atoms with Crippen molar-refractivity contribution in [2.24, 2.45) is 0 Å². The zero-order valence-corrected chi connectivity index (χ0v) is 14.5. The van der Waals surface area contributed by atoms with Crippen molar-refractivity contribution in [1.29, 1.82) is 0 Å². The Hall–Kier alpha value is -1.77. The fourth-order valence-corrected chi connectivity index (χ4v) is 4.01. The van der Waals surface area contributed by atoms with E-state index < -0.39 is 10.0 Å². The number of sulfonamides is 1. The first kappa shape index (κ1) is 16.1. The highest BCUT2D eigenvalue weighted by molar-refractivity contribution is 9.10. The molecule has 1 fully saturated rings. The van der Waals surface area contributed by atoms with Crippen LogP contribution in [0, 0.1) is 0 Å². The third-order valence-corrected chi connectivity index (χ3v) is 5.95. The number of anilines is 1. The zero-order valence-electron chi connectivity index (χ0n) is 12.1. The maximum atomic E-state index is 12.6. The van der Waals surface area contributed by atoms with Crippen molar-refractivity contribution in [2.45, 2.75) is 4.90 Å². The van der Waals surface area contributed by atoms with Crippen LogP contribution in [0.5, 0.6) is 0 Å². The molecule has 2 heterocycles. The number of benzene rings is 1. The van der Waals surface area contributed by atoms with Gasteiger partial charge in [-0.05, 0) is 36.4 Å². The summed E-state index contributed by atoms with van der Waals surface area (Å²) in [6, 6.07) is 11.7. The van der Waals surface area contributed by atoms with Crippen molar-refractivity contribution < 1.29 is 13.2 Å². The molecule has 1 aromatic carbocycles. The number of amides is 1. The Morgan fingerprint density at radius 3 is 2.39 bits per heavy atom. The minimum Gasteiger partial charge on any atom is -0.294 e. The van der Waals surface area contributed by atoms with Gasteiger partial charge in [-0.1, -0.05) is 22.0 Å². The third kappa shape index (κ3) is 3.29. The van der Waals surface area contributed by atoms with Crippen LogP contribution < -0.4 is 4.90 Å². The summed E-state index contributed by atoms with van der Waals surface area (Å²) in [5.41, 5.74) is 0. The van der Waals surface area contributed by atoms with Crippen LogP contribution in [-0.2, 0) is 14.8 Å². The molecule has 3 rings (SSSR count). The van der Waals surface area contributed by atoms with Gasteiger partial charge in [-0.15, -0.1) is 0 Å². The molecule has 8 heteroatoms. The van der Waals surface area contributed by atoms with Crippen molar-refractivity contribution >= 4 is 37.7 Å². The van der Waals surface area contributed by atoms with Crippen LogP contribution in [0.3, 0.4) is 0 Å². The summed E-state index contributed by atoms with van der Waals surface area (Å²) in [5.74, 6) is 0.258. The Morgan fingerprint density at radius 2 is 1.78 bits per heavy atom. The molecule has 23 heavy (non-hydrogen) atoms. The number of nitrogens with zero attached hydrogens (tertiary/aromatic N) is 3. The normalized spacial score (nSPS) is 16.6. The number of halogens is 1. The van der Waals surface area contributed by atoms with Crippen LogP contribution in [0.25, 0.3) is 0 Å². The number of pyridine rings is 1. The van der Waals surface area contributed by atoms with Gasteiger partial charge >= 0.3 is 0 Å². The van der Waals surface area contributed by atoms with E-state index in [-0.39, 0.29) is 30.4 Å².